The minimum absolute atomic E-state index is 0.289. The van der Waals surface area contributed by atoms with Crippen molar-refractivity contribution in [1.29, 1.82) is 0 Å². The molecule has 2 nitrogen and oxygen atoms in total. The largest absolute Gasteiger partial charge is 0.327 e. The Kier molecular flexibility index (Phi) is 3.82. The minimum Gasteiger partial charge on any atom is -0.327 e. The van der Waals surface area contributed by atoms with Gasteiger partial charge >= 0.3 is 0 Å². The van der Waals surface area contributed by atoms with Crippen molar-refractivity contribution < 1.29 is 0 Å². The van der Waals surface area contributed by atoms with E-state index in [1.165, 1.54) is 0 Å². The molecule has 0 fully saturated rings. The monoisotopic (exact) mass is 130 g/mol. The summed E-state index contributed by atoms with van der Waals surface area (Å²) in [6.07, 6.45) is 0. The lowest BCUT2D eigenvalue weighted by Gasteiger charge is -2.22. The quantitative estimate of drug-likeness (QED) is 0.608. The Morgan fingerprint density at radius 1 is 1.33 bits per heavy atom. The van der Waals surface area contributed by atoms with Gasteiger partial charge in [0.25, 0.3) is 0 Å². The molecule has 0 heterocycles. The fourth-order valence-corrected chi connectivity index (χ4v) is 0.665. The first-order valence-corrected chi connectivity index (χ1v) is 3.50. The molecule has 0 aliphatic carbocycles. The fourth-order valence-electron chi connectivity index (χ4n) is 0.665. The lowest BCUT2D eigenvalue weighted by Crippen LogP contribution is -2.36. The van der Waals surface area contributed by atoms with Crippen LogP contribution in [0.3, 0.4) is 0 Å². The van der Waals surface area contributed by atoms with Crippen LogP contribution in [-0.4, -0.2) is 30.6 Å². The summed E-state index contributed by atoms with van der Waals surface area (Å²) >= 11 is 0. The fraction of sp³-hybridized carbons (Fsp3) is 1.00. The topological polar surface area (TPSA) is 29.3 Å². The second kappa shape index (κ2) is 3.85. The molecule has 1 atom stereocenters. The molecule has 0 radical (unpaired) electrons. The molecule has 0 amide bonds. The molecule has 0 aromatic heterocycles. The zero-order valence-corrected chi connectivity index (χ0v) is 6.89. The van der Waals surface area contributed by atoms with Crippen LogP contribution in [-0.2, 0) is 0 Å². The van der Waals surface area contributed by atoms with Crippen molar-refractivity contribution in [1.82, 2.24) is 4.90 Å². The standard InChI is InChI=1S/C7H18N2/c1-6(2)9(4)5-7(3)8/h6-7H,5,8H2,1-4H3/t7-/m0/s1. The van der Waals surface area contributed by atoms with Crippen molar-refractivity contribution in [2.75, 3.05) is 13.6 Å². The molecular formula is C7H18N2. The summed E-state index contributed by atoms with van der Waals surface area (Å²) in [7, 11) is 2.09. The average Bonchev–Trinajstić information content (AvgIpc) is 1.63. The van der Waals surface area contributed by atoms with E-state index in [0.29, 0.717) is 6.04 Å². The summed E-state index contributed by atoms with van der Waals surface area (Å²) in [6, 6.07) is 0.897. The number of likely N-dealkylation sites (N-methyl/N-ethyl adjacent to an activating group) is 1. The molecule has 0 aliphatic heterocycles. The van der Waals surface area contributed by atoms with E-state index in [2.05, 4.69) is 25.8 Å². The maximum absolute atomic E-state index is 5.59. The first-order chi connectivity index (χ1) is 4.04. The molecular weight excluding hydrogens is 112 g/mol. The molecule has 0 bridgehead atoms. The highest BCUT2D eigenvalue weighted by Crippen LogP contribution is 1.92. The summed E-state index contributed by atoms with van der Waals surface area (Å²) in [6.45, 7) is 7.35. The molecule has 9 heavy (non-hydrogen) atoms. The minimum atomic E-state index is 0.289. The number of nitrogens with two attached hydrogens (primary N) is 1. The van der Waals surface area contributed by atoms with Crippen LogP contribution in [0.15, 0.2) is 0 Å². The Morgan fingerprint density at radius 3 is 1.89 bits per heavy atom. The normalized spacial score (nSPS) is 15.0. The average molecular weight is 130 g/mol. The van der Waals surface area contributed by atoms with Crippen molar-refractivity contribution in [2.24, 2.45) is 5.73 Å². The van der Waals surface area contributed by atoms with Crippen LogP contribution in [0.5, 0.6) is 0 Å². The van der Waals surface area contributed by atoms with Crippen LogP contribution >= 0.6 is 0 Å². The number of hydrogen-bond acceptors (Lipinski definition) is 2. The summed E-state index contributed by atoms with van der Waals surface area (Å²) in [5.74, 6) is 0. The van der Waals surface area contributed by atoms with Gasteiger partial charge in [0.05, 0.1) is 0 Å². The Bertz CT molecular complexity index is 69.3. The van der Waals surface area contributed by atoms with E-state index in [0.717, 1.165) is 6.54 Å². The highest BCUT2D eigenvalue weighted by atomic mass is 15.1. The van der Waals surface area contributed by atoms with E-state index in [1.54, 1.807) is 0 Å². The van der Waals surface area contributed by atoms with Crippen LogP contribution in [0.1, 0.15) is 20.8 Å². The van der Waals surface area contributed by atoms with Gasteiger partial charge in [0, 0.05) is 18.6 Å². The van der Waals surface area contributed by atoms with Gasteiger partial charge in [-0.2, -0.15) is 0 Å². The van der Waals surface area contributed by atoms with E-state index in [9.17, 15) is 0 Å². The van der Waals surface area contributed by atoms with Crippen LogP contribution < -0.4 is 5.73 Å². The molecule has 0 unspecified atom stereocenters. The zero-order valence-electron chi connectivity index (χ0n) is 6.89. The van der Waals surface area contributed by atoms with Gasteiger partial charge in [-0.15, -0.1) is 0 Å². The summed E-state index contributed by atoms with van der Waals surface area (Å²) in [4.78, 5) is 2.24. The van der Waals surface area contributed by atoms with Crippen molar-refractivity contribution >= 4 is 0 Å². The maximum Gasteiger partial charge on any atom is 0.0139 e. The lowest BCUT2D eigenvalue weighted by molar-refractivity contribution is 0.261. The summed E-state index contributed by atoms with van der Waals surface area (Å²) in [5.41, 5.74) is 5.59. The molecule has 0 aromatic rings. The van der Waals surface area contributed by atoms with Crippen LogP contribution in [0.4, 0.5) is 0 Å². The molecule has 2 heteroatoms. The smallest absolute Gasteiger partial charge is 0.0139 e. The summed E-state index contributed by atoms with van der Waals surface area (Å²) in [5, 5.41) is 0. The van der Waals surface area contributed by atoms with Crippen molar-refractivity contribution in [2.45, 2.75) is 32.9 Å². The predicted octanol–water partition coefficient (Wildman–Crippen LogP) is 0.674. The third kappa shape index (κ3) is 4.43. The summed E-state index contributed by atoms with van der Waals surface area (Å²) < 4.78 is 0. The molecule has 0 rings (SSSR count). The van der Waals surface area contributed by atoms with Gasteiger partial charge in [-0.1, -0.05) is 0 Å². The third-order valence-electron chi connectivity index (χ3n) is 1.46. The van der Waals surface area contributed by atoms with Crippen molar-refractivity contribution in [3.63, 3.8) is 0 Å². The van der Waals surface area contributed by atoms with E-state index in [4.69, 9.17) is 5.73 Å². The van der Waals surface area contributed by atoms with E-state index < -0.39 is 0 Å². The van der Waals surface area contributed by atoms with E-state index in [1.807, 2.05) is 6.92 Å². The molecule has 0 aliphatic rings. The van der Waals surface area contributed by atoms with Gasteiger partial charge in [-0.25, -0.2) is 0 Å². The van der Waals surface area contributed by atoms with Crippen LogP contribution in [0.2, 0.25) is 0 Å². The SMILES string of the molecule is CC(C)N(C)C[C@H](C)N. The van der Waals surface area contributed by atoms with Gasteiger partial charge in [0.1, 0.15) is 0 Å². The Hall–Kier alpha value is -0.0800. The van der Waals surface area contributed by atoms with E-state index in [-0.39, 0.29) is 6.04 Å². The highest BCUT2D eigenvalue weighted by Gasteiger charge is 2.03. The predicted molar refractivity (Wildman–Crippen MR) is 41.4 cm³/mol. The molecule has 0 spiro atoms. The van der Waals surface area contributed by atoms with Gasteiger partial charge < -0.3 is 10.6 Å². The number of nitrogens with zero attached hydrogens (tertiary/aromatic N) is 1. The zero-order chi connectivity index (χ0) is 7.44. The Morgan fingerprint density at radius 2 is 1.78 bits per heavy atom. The third-order valence-corrected chi connectivity index (χ3v) is 1.46. The molecule has 56 valence electrons. The maximum atomic E-state index is 5.59. The van der Waals surface area contributed by atoms with E-state index >= 15 is 0 Å². The lowest BCUT2D eigenvalue weighted by atomic mass is 10.3. The molecule has 0 aromatic carbocycles. The van der Waals surface area contributed by atoms with Crippen molar-refractivity contribution in [3.05, 3.63) is 0 Å². The van der Waals surface area contributed by atoms with Crippen LogP contribution in [0.25, 0.3) is 0 Å². The molecule has 0 saturated heterocycles. The first kappa shape index (κ1) is 8.92. The molecule has 0 saturated carbocycles. The van der Waals surface area contributed by atoms with Gasteiger partial charge in [-0.05, 0) is 27.8 Å². The first-order valence-electron chi connectivity index (χ1n) is 3.50. The Labute approximate surface area is 58.0 Å². The van der Waals surface area contributed by atoms with Gasteiger partial charge in [0.15, 0.2) is 0 Å². The van der Waals surface area contributed by atoms with Crippen LogP contribution in [0, 0.1) is 0 Å². The van der Waals surface area contributed by atoms with Crippen molar-refractivity contribution in [3.8, 4) is 0 Å². The Balaban J connectivity index is 3.38. The van der Waals surface area contributed by atoms with Gasteiger partial charge in [-0.3, -0.25) is 0 Å². The number of hydrogen-bond donors (Lipinski definition) is 1. The highest BCUT2D eigenvalue weighted by molar-refractivity contribution is 4.62. The van der Waals surface area contributed by atoms with Gasteiger partial charge in [0.2, 0.25) is 0 Å². The second-order valence-corrected chi connectivity index (χ2v) is 3.01. The number of rotatable bonds is 3. The second-order valence-electron chi connectivity index (χ2n) is 3.01. The molecule has 2 N–H and O–H groups in total.